The van der Waals surface area contributed by atoms with Crippen molar-refractivity contribution < 1.29 is 24.0 Å². The van der Waals surface area contributed by atoms with E-state index in [1.54, 1.807) is 24.3 Å². The summed E-state index contributed by atoms with van der Waals surface area (Å²) in [4.78, 5) is 36.8. The molecular weight excluding hydrogens is 420 g/mol. The lowest BCUT2D eigenvalue weighted by Gasteiger charge is -2.28. The van der Waals surface area contributed by atoms with E-state index in [0.717, 1.165) is 6.07 Å². The molecule has 0 unspecified atom stereocenters. The second-order valence-electron chi connectivity index (χ2n) is 6.66. The maximum absolute atomic E-state index is 13.6. The number of nitrogens with one attached hydrogen (secondary N) is 1. The Balaban J connectivity index is 1.93. The van der Waals surface area contributed by atoms with Crippen molar-refractivity contribution in [2.45, 2.75) is 6.04 Å². The first-order chi connectivity index (χ1) is 15.4. The topological polar surface area (TPSA) is 151 Å². The smallest absolute Gasteiger partial charge is 0.355 e. The number of rotatable bonds is 6. The Labute approximate surface area is 180 Å². The molecule has 1 N–H and O–H groups in total. The number of carbonyl (C=O) groups is 2. The molecule has 12 nitrogen and oxygen atoms in total. The average Bonchev–Trinajstić information content (AvgIpc) is 3.30. The van der Waals surface area contributed by atoms with Crippen molar-refractivity contribution in [3.8, 4) is 5.75 Å². The van der Waals surface area contributed by atoms with Gasteiger partial charge in [-0.15, -0.1) is 0 Å². The number of non-ortho nitro benzene ring substituents is 1. The van der Waals surface area contributed by atoms with Crippen LogP contribution in [-0.2, 0) is 9.53 Å². The van der Waals surface area contributed by atoms with E-state index >= 15 is 0 Å². The van der Waals surface area contributed by atoms with Crippen molar-refractivity contribution in [2.75, 3.05) is 19.5 Å². The van der Waals surface area contributed by atoms with Gasteiger partial charge in [0.2, 0.25) is 5.95 Å². The Bertz CT molecular complexity index is 1250. The molecule has 0 saturated heterocycles. The molecule has 3 aromatic rings. The van der Waals surface area contributed by atoms with Gasteiger partial charge in [-0.05, 0) is 28.1 Å². The zero-order chi connectivity index (χ0) is 22.8. The molecule has 12 heteroatoms. The fourth-order valence-electron chi connectivity index (χ4n) is 3.40. The predicted molar refractivity (Wildman–Crippen MR) is 109 cm³/mol. The molecule has 0 spiro atoms. The number of carbonyl (C=O) groups excluding carboxylic acids is 2. The number of hydrogen-bond donors (Lipinski definition) is 1. The van der Waals surface area contributed by atoms with E-state index in [-0.39, 0.29) is 28.5 Å². The summed E-state index contributed by atoms with van der Waals surface area (Å²) in [5.74, 6) is -0.722. The molecular formula is C20H16N6O6. The second-order valence-corrected chi connectivity index (χ2v) is 6.66. The molecule has 0 aliphatic carbocycles. The predicted octanol–water partition coefficient (Wildman–Crippen LogP) is 1.91. The molecule has 1 aromatic heterocycles. The summed E-state index contributed by atoms with van der Waals surface area (Å²) in [6.07, 6.45) is 0. The van der Waals surface area contributed by atoms with Crippen molar-refractivity contribution in [2.24, 2.45) is 0 Å². The number of aromatic nitrogens is 4. The average molecular weight is 436 g/mol. The third-order valence-corrected chi connectivity index (χ3v) is 4.90. The number of hydrogen-bond acceptors (Lipinski definition) is 10. The fourth-order valence-corrected chi connectivity index (χ4v) is 3.40. The van der Waals surface area contributed by atoms with Gasteiger partial charge in [0.25, 0.3) is 5.69 Å². The quantitative estimate of drug-likeness (QED) is 0.262. The van der Waals surface area contributed by atoms with Gasteiger partial charge in [-0.25, -0.2) is 4.79 Å². The minimum absolute atomic E-state index is 0.0208. The van der Waals surface area contributed by atoms with Crippen LogP contribution in [0.2, 0.25) is 0 Å². The first kappa shape index (κ1) is 20.7. The van der Waals surface area contributed by atoms with Crippen molar-refractivity contribution in [3.63, 3.8) is 0 Å². The highest BCUT2D eigenvalue weighted by molar-refractivity contribution is 6.15. The molecule has 2 aromatic carbocycles. The lowest BCUT2D eigenvalue weighted by atomic mass is 9.89. The number of nitro groups is 1. The molecule has 0 fully saturated rings. The third kappa shape index (κ3) is 3.53. The van der Waals surface area contributed by atoms with Crippen molar-refractivity contribution in [3.05, 3.63) is 81.0 Å². The fraction of sp³-hybridized carbons (Fsp3) is 0.150. The van der Waals surface area contributed by atoms with E-state index in [4.69, 9.17) is 9.47 Å². The molecule has 1 aliphatic heterocycles. The molecule has 1 aliphatic rings. The van der Waals surface area contributed by atoms with Crippen LogP contribution in [0.25, 0.3) is 0 Å². The maximum atomic E-state index is 13.6. The zero-order valence-corrected chi connectivity index (χ0v) is 16.9. The maximum Gasteiger partial charge on any atom is 0.355 e. The van der Waals surface area contributed by atoms with Crippen LogP contribution in [0.1, 0.15) is 22.0 Å². The van der Waals surface area contributed by atoms with Crippen LogP contribution < -0.4 is 10.1 Å². The highest BCUT2D eigenvalue weighted by atomic mass is 16.6. The molecule has 0 saturated carbocycles. The van der Waals surface area contributed by atoms with E-state index in [0.29, 0.717) is 11.3 Å². The highest BCUT2D eigenvalue weighted by Gasteiger charge is 2.38. The van der Waals surface area contributed by atoms with E-state index in [1.807, 2.05) is 0 Å². The molecule has 0 radical (unpaired) electrons. The van der Waals surface area contributed by atoms with E-state index in [1.165, 1.54) is 37.1 Å². The first-order valence-corrected chi connectivity index (χ1v) is 9.25. The van der Waals surface area contributed by atoms with Gasteiger partial charge >= 0.3 is 5.97 Å². The number of fused-ring (bicyclic) bond motifs is 1. The summed E-state index contributed by atoms with van der Waals surface area (Å²) < 4.78 is 11.4. The lowest BCUT2D eigenvalue weighted by molar-refractivity contribution is -0.384. The lowest BCUT2D eigenvalue weighted by Crippen LogP contribution is -2.33. The Kier molecular flexibility index (Phi) is 5.33. The SMILES string of the molecule is COC(=O)C1=C(C(=O)c2cccc([N+](=O)[O-])c2)[C@@H](c2ccc(OC)cc2)n2nnnc2N1. The van der Waals surface area contributed by atoms with Crippen LogP contribution in [0, 0.1) is 10.1 Å². The third-order valence-electron chi connectivity index (χ3n) is 4.90. The van der Waals surface area contributed by atoms with Gasteiger partial charge in [-0.2, -0.15) is 4.68 Å². The van der Waals surface area contributed by atoms with Crippen LogP contribution in [0.15, 0.2) is 59.8 Å². The van der Waals surface area contributed by atoms with Crippen LogP contribution in [0.4, 0.5) is 11.6 Å². The Morgan fingerprint density at radius 2 is 1.91 bits per heavy atom. The van der Waals surface area contributed by atoms with E-state index < -0.39 is 22.7 Å². The number of anilines is 1. The second kappa shape index (κ2) is 8.26. The van der Waals surface area contributed by atoms with Gasteiger partial charge in [0, 0.05) is 17.7 Å². The summed E-state index contributed by atoms with van der Waals surface area (Å²) in [6, 6.07) is 11.1. The molecule has 0 bridgehead atoms. The van der Waals surface area contributed by atoms with Crippen LogP contribution in [-0.4, -0.2) is 51.1 Å². The number of allylic oxidation sites excluding steroid dienone is 1. The number of benzene rings is 2. The number of Topliss-reactive ketones (excluding diaryl/α,β-unsaturated/α-hetero) is 1. The van der Waals surface area contributed by atoms with Crippen LogP contribution in [0.5, 0.6) is 5.75 Å². The minimum atomic E-state index is -0.909. The molecule has 2 heterocycles. The number of ketones is 1. The van der Waals surface area contributed by atoms with Gasteiger partial charge in [0.05, 0.1) is 24.7 Å². The number of nitrogens with zero attached hydrogens (tertiary/aromatic N) is 5. The number of tetrazole rings is 1. The molecule has 162 valence electrons. The Hall–Kier alpha value is -4.61. The Morgan fingerprint density at radius 3 is 2.56 bits per heavy atom. The van der Waals surface area contributed by atoms with Gasteiger partial charge in [-0.1, -0.05) is 29.4 Å². The van der Waals surface area contributed by atoms with Gasteiger partial charge in [0.15, 0.2) is 5.78 Å². The molecule has 0 amide bonds. The van der Waals surface area contributed by atoms with Gasteiger partial charge in [-0.3, -0.25) is 14.9 Å². The van der Waals surface area contributed by atoms with E-state index in [9.17, 15) is 19.7 Å². The van der Waals surface area contributed by atoms with Crippen molar-refractivity contribution >= 4 is 23.4 Å². The van der Waals surface area contributed by atoms with Crippen molar-refractivity contribution in [1.29, 1.82) is 0 Å². The van der Waals surface area contributed by atoms with Crippen molar-refractivity contribution in [1.82, 2.24) is 20.2 Å². The van der Waals surface area contributed by atoms with Gasteiger partial charge in [0.1, 0.15) is 17.5 Å². The number of methoxy groups -OCH3 is 2. The van der Waals surface area contributed by atoms with Crippen LogP contribution >= 0.6 is 0 Å². The normalized spacial score (nSPS) is 14.9. The summed E-state index contributed by atoms with van der Waals surface area (Å²) in [5, 5.41) is 25.4. The zero-order valence-electron chi connectivity index (χ0n) is 16.9. The first-order valence-electron chi connectivity index (χ1n) is 9.25. The number of esters is 1. The monoisotopic (exact) mass is 436 g/mol. The van der Waals surface area contributed by atoms with Gasteiger partial charge < -0.3 is 14.8 Å². The summed E-state index contributed by atoms with van der Waals surface area (Å²) in [5.41, 5.74) is 0.154. The summed E-state index contributed by atoms with van der Waals surface area (Å²) in [6.45, 7) is 0. The standard InChI is InChI=1S/C20H16N6O6/c1-31-14-8-6-11(7-9-14)17-15(18(27)12-4-3-5-13(10-12)26(29)30)16(19(28)32-2)21-20-22-23-24-25(17)20/h3-10,17H,1-2H3,(H,21,22,24)/t17-/m1/s1. The summed E-state index contributed by atoms with van der Waals surface area (Å²) >= 11 is 0. The molecule has 4 rings (SSSR count). The summed E-state index contributed by atoms with van der Waals surface area (Å²) in [7, 11) is 2.69. The molecule has 32 heavy (non-hydrogen) atoms. The largest absolute Gasteiger partial charge is 0.497 e. The van der Waals surface area contributed by atoms with Crippen LogP contribution in [0.3, 0.4) is 0 Å². The highest BCUT2D eigenvalue weighted by Crippen LogP contribution is 2.37. The minimum Gasteiger partial charge on any atom is -0.497 e. The van der Waals surface area contributed by atoms with E-state index in [2.05, 4.69) is 20.8 Å². The Morgan fingerprint density at radius 1 is 1.16 bits per heavy atom. The number of ether oxygens (including phenoxy) is 2. The molecule has 1 atom stereocenters. The number of nitro benzene ring substituents is 1.